The molecule has 0 saturated carbocycles. The van der Waals surface area contributed by atoms with Gasteiger partial charge in [-0.15, -0.1) is 0 Å². The number of aromatic nitrogens is 1. The second-order valence-electron chi connectivity index (χ2n) is 11.8. The molecule has 0 amide bonds. The summed E-state index contributed by atoms with van der Waals surface area (Å²) >= 11 is 0. The molecule has 1 heterocycles. The molecule has 0 saturated heterocycles. The van der Waals surface area contributed by atoms with E-state index in [-0.39, 0.29) is 0 Å². The molecule has 216 valence electrons. The Kier molecular flexibility index (Phi) is 6.17. The van der Waals surface area contributed by atoms with Crippen LogP contribution in [0.25, 0.3) is 60.2 Å². The zero-order chi connectivity index (χ0) is 30.5. The standard InChI is InChI=1S/C44H30N2/c1-2-18-35(19-3-1)46-42-24-9-8-22-40(42)44-39(23-12-26-43(44)46)34-17-10-20-36(30-34)45(37-28-27-31-13-4-5-15-33(31)29-37)41-25-11-16-32-14-6-7-21-38(32)41/h1-30H. The maximum atomic E-state index is 2.41. The third-order valence-electron chi connectivity index (χ3n) is 9.13. The Morgan fingerprint density at radius 3 is 1.93 bits per heavy atom. The largest absolute Gasteiger partial charge is 0.310 e. The van der Waals surface area contributed by atoms with Crippen molar-refractivity contribution in [3.63, 3.8) is 0 Å². The molecule has 9 aromatic rings. The molecule has 8 aromatic carbocycles. The third kappa shape index (κ3) is 4.27. The smallest absolute Gasteiger partial charge is 0.0547 e. The Balaban J connectivity index is 1.29. The molecular weight excluding hydrogens is 556 g/mol. The lowest BCUT2D eigenvalue weighted by atomic mass is 9.98. The Morgan fingerprint density at radius 2 is 1.04 bits per heavy atom. The fourth-order valence-electron chi connectivity index (χ4n) is 7.07. The van der Waals surface area contributed by atoms with Crippen molar-refractivity contribution in [1.29, 1.82) is 0 Å². The number of benzene rings is 8. The topological polar surface area (TPSA) is 8.17 Å². The summed E-state index contributed by atoms with van der Waals surface area (Å²) in [4.78, 5) is 2.41. The highest BCUT2D eigenvalue weighted by molar-refractivity contribution is 6.16. The molecule has 9 rings (SSSR count). The first-order valence-corrected chi connectivity index (χ1v) is 15.8. The van der Waals surface area contributed by atoms with Crippen molar-refractivity contribution in [2.75, 3.05) is 4.90 Å². The Bertz CT molecular complexity index is 2540. The highest BCUT2D eigenvalue weighted by Gasteiger charge is 2.19. The van der Waals surface area contributed by atoms with Crippen molar-refractivity contribution in [2.24, 2.45) is 0 Å². The lowest BCUT2D eigenvalue weighted by Crippen LogP contribution is -2.10. The van der Waals surface area contributed by atoms with Gasteiger partial charge in [-0.2, -0.15) is 0 Å². The van der Waals surface area contributed by atoms with E-state index in [4.69, 9.17) is 0 Å². The van der Waals surface area contributed by atoms with Gasteiger partial charge in [-0.1, -0.05) is 127 Å². The van der Waals surface area contributed by atoms with Crippen molar-refractivity contribution in [2.45, 2.75) is 0 Å². The fourth-order valence-corrected chi connectivity index (χ4v) is 7.07. The SMILES string of the molecule is c1ccc(-n2c3ccccc3c3c(-c4cccc(N(c5ccc6ccccc6c5)c5cccc6ccccc56)c4)cccc32)cc1. The van der Waals surface area contributed by atoms with Gasteiger partial charge in [0.25, 0.3) is 0 Å². The molecule has 2 heteroatoms. The molecule has 0 atom stereocenters. The first-order valence-electron chi connectivity index (χ1n) is 15.8. The van der Waals surface area contributed by atoms with E-state index >= 15 is 0 Å². The van der Waals surface area contributed by atoms with Crippen LogP contribution in [-0.4, -0.2) is 4.57 Å². The predicted molar refractivity (Wildman–Crippen MR) is 196 cm³/mol. The summed E-state index contributed by atoms with van der Waals surface area (Å²) < 4.78 is 2.38. The maximum Gasteiger partial charge on any atom is 0.0547 e. The minimum Gasteiger partial charge on any atom is -0.310 e. The maximum absolute atomic E-state index is 2.41. The summed E-state index contributed by atoms with van der Waals surface area (Å²) in [7, 11) is 0. The number of rotatable bonds is 5. The van der Waals surface area contributed by atoms with E-state index < -0.39 is 0 Å². The van der Waals surface area contributed by atoms with Crippen LogP contribution in [0.4, 0.5) is 17.1 Å². The van der Waals surface area contributed by atoms with Crippen LogP contribution in [0.2, 0.25) is 0 Å². The van der Waals surface area contributed by atoms with E-state index in [2.05, 4.69) is 191 Å². The van der Waals surface area contributed by atoms with Crippen molar-refractivity contribution < 1.29 is 0 Å². The highest BCUT2D eigenvalue weighted by Crippen LogP contribution is 2.43. The average molecular weight is 587 g/mol. The normalized spacial score (nSPS) is 11.5. The summed E-state index contributed by atoms with van der Waals surface area (Å²) in [6.07, 6.45) is 0. The van der Waals surface area contributed by atoms with Crippen LogP contribution in [-0.2, 0) is 0 Å². The van der Waals surface area contributed by atoms with Crippen molar-refractivity contribution in [1.82, 2.24) is 4.57 Å². The number of anilines is 3. The van der Waals surface area contributed by atoms with Crippen molar-refractivity contribution in [3.8, 4) is 16.8 Å². The van der Waals surface area contributed by atoms with Crippen LogP contribution < -0.4 is 4.90 Å². The Morgan fingerprint density at radius 1 is 0.391 bits per heavy atom. The monoisotopic (exact) mass is 586 g/mol. The summed E-state index contributed by atoms with van der Waals surface area (Å²) in [6.45, 7) is 0. The van der Waals surface area contributed by atoms with Crippen LogP contribution >= 0.6 is 0 Å². The van der Waals surface area contributed by atoms with E-state index in [9.17, 15) is 0 Å². The van der Waals surface area contributed by atoms with Gasteiger partial charge in [0.15, 0.2) is 0 Å². The van der Waals surface area contributed by atoms with E-state index in [0.717, 1.165) is 22.7 Å². The number of hydrogen-bond donors (Lipinski definition) is 0. The molecule has 0 aliphatic heterocycles. The molecule has 0 N–H and O–H groups in total. The van der Waals surface area contributed by atoms with Gasteiger partial charge in [0.1, 0.15) is 0 Å². The average Bonchev–Trinajstić information content (AvgIpc) is 3.47. The summed E-state index contributed by atoms with van der Waals surface area (Å²) in [5.41, 5.74) is 9.39. The first-order chi connectivity index (χ1) is 22.8. The number of nitrogens with zero attached hydrogens (tertiary/aromatic N) is 2. The minimum absolute atomic E-state index is 1.12. The second kappa shape index (κ2) is 10.8. The van der Waals surface area contributed by atoms with Gasteiger partial charge in [0.05, 0.1) is 16.7 Å². The molecule has 0 radical (unpaired) electrons. The molecule has 0 fully saturated rings. The van der Waals surface area contributed by atoms with Gasteiger partial charge in [-0.05, 0) is 81.9 Å². The van der Waals surface area contributed by atoms with E-state index in [1.54, 1.807) is 0 Å². The minimum atomic E-state index is 1.12. The van der Waals surface area contributed by atoms with E-state index in [1.807, 2.05) is 0 Å². The van der Waals surface area contributed by atoms with Crippen LogP contribution in [0.3, 0.4) is 0 Å². The van der Waals surface area contributed by atoms with E-state index in [0.29, 0.717) is 0 Å². The van der Waals surface area contributed by atoms with Gasteiger partial charge in [0.2, 0.25) is 0 Å². The van der Waals surface area contributed by atoms with Gasteiger partial charge in [-0.25, -0.2) is 0 Å². The Labute approximate surface area is 268 Å². The van der Waals surface area contributed by atoms with Crippen molar-refractivity contribution >= 4 is 60.4 Å². The quantitative estimate of drug-likeness (QED) is 0.195. The third-order valence-corrected chi connectivity index (χ3v) is 9.13. The van der Waals surface area contributed by atoms with Crippen LogP contribution in [0, 0.1) is 0 Å². The number of fused-ring (bicyclic) bond motifs is 5. The molecule has 0 unspecified atom stereocenters. The Hall–Kier alpha value is -6.12. The molecule has 0 bridgehead atoms. The molecular formula is C44H30N2. The lowest BCUT2D eigenvalue weighted by Gasteiger charge is -2.27. The van der Waals surface area contributed by atoms with Gasteiger partial charge >= 0.3 is 0 Å². The first kappa shape index (κ1) is 26.3. The summed E-state index contributed by atoms with van der Waals surface area (Å²) in [5, 5.41) is 7.42. The van der Waals surface area contributed by atoms with E-state index in [1.165, 1.54) is 54.5 Å². The van der Waals surface area contributed by atoms with Crippen LogP contribution in [0.1, 0.15) is 0 Å². The predicted octanol–water partition coefficient (Wildman–Crippen LogP) is 12.2. The molecule has 0 aliphatic carbocycles. The number of para-hydroxylation sites is 2. The number of hydrogen-bond acceptors (Lipinski definition) is 1. The van der Waals surface area contributed by atoms with Gasteiger partial charge < -0.3 is 9.47 Å². The van der Waals surface area contributed by atoms with Crippen molar-refractivity contribution in [3.05, 3.63) is 182 Å². The molecule has 2 nitrogen and oxygen atoms in total. The molecule has 1 aromatic heterocycles. The summed E-state index contributed by atoms with van der Waals surface area (Å²) in [5.74, 6) is 0. The molecule has 0 spiro atoms. The van der Waals surface area contributed by atoms with Gasteiger partial charge in [-0.3, -0.25) is 0 Å². The molecule has 0 aliphatic rings. The zero-order valence-electron chi connectivity index (χ0n) is 25.2. The zero-order valence-corrected chi connectivity index (χ0v) is 25.2. The summed E-state index contributed by atoms with van der Waals surface area (Å²) in [6, 6.07) is 65.7. The molecule has 46 heavy (non-hydrogen) atoms. The van der Waals surface area contributed by atoms with Crippen LogP contribution in [0.15, 0.2) is 182 Å². The fraction of sp³-hybridized carbons (Fsp3) is 0. The van der Waals surface area contributed by atoms with Crippen LogP contribution in [0.5, 0.6) is 0 Å². The lowest BCUT2D eigenvalue weighted by molar-refractivity contribution is 1.18. The van der Waals surface area contributed by atoms with Gasteiger partial charge in [0, 0.05) is 33.2 Å². The highest BCUT2D eigenvalue weighted by atomic mass is 15.1. The second-order valence-corrected chi connectivity index (χ2v) is 11.8.